The van der Waals surface area contributed by atoms with Crippen LogP contribution < -0.4 is 5.32 Å². The molecule has 1 saturated carbocycles. The lowest BCUT2D eigenvalue weighted by Crippen LogP contribution is -2.34. The number of nitrogens with zero attached hydrogens (tertiary/aromatic N) is 4. The molecule has 2 N–H and O–H groups in total. The van der Waals surface area contributed by atoms with Crippen molar-refractivity contribution in [3.63, 3.8) is 0 Å². The summed E-state index contributed by atoms with van der Waals surface area (Å²) in [5, 5.41) is 14.2. The van der Waals surface area contributed by atoms with Crippen LogP contribution in [0.5, 0.6) is 0 Å². The van der Waals surface area contributed by atoms with E-state index in [4.69, 9.17) is 0 Å². The van der Waals surface area contributed by atoms with Gasteiger partial charge < -0.3 is 10.2 Å². The third-order valence-corrected chi connectivity index (χ3v) is 4.83. The van der Waals surface area contributed by atoms with Crippen LogP contribution >= 0.6 is 0 Å². The number of amides is 2. The van der Waals surface area contributed by atoms with E-state index in [9.17, 15) is 9.59 Å². The van der Waals surface area contributed by atoms with E-state index in [0.29, 0.717) is 24.8 Å². The molecule has 1 aliphatic carbocycles. The Morgan fingerprint density at radius 3 is 3.04 bits per heavy atom. The fraction of sp³-hybridized carbons (Fsp3) is 0.368. The summed E-state index contributed by atoms with van der Waals surface area (Å²) in [6.07, 6.45) is 10.1. The van der Waals surface area contributed by atoms with Crippen molar-refractivity contribution in [1.82, 2.24) is 24.9 Å². The standard InChI is InChI=1S/C19H22N6O2/c1-2-19(27)24-7-3-4-14(10-24)15-9-20-25(11-15)12-18(26)21-17-8-16(22-23-17)13-5-6-13/h2,4,8-9,11,13H,1,3,5-7,10,12H2,(H2,21,22,23,26). The van der Waals surface area contributed by atoms with E-state index in [1.54, 1.807) is 15.8 Å². The Labute approximate surface area is 156 Å². The summed E-state index contributed by atoms with van der Waals surface area (Å²) in [6.45, 7) is 4.87. The normalized spacial score (nSPS) is 16.7. The van der Waals surface area contributed by atoms with E-state index in [2.05, 4.69) is 33.3 Å². The Balaban J connectivity index is 1.35. The summed E-state index contributed by atoms with van der Waals surface area (Å²) in [6, 6.07) is 1.89. The van der Waals surface area contributed by atoms with Crippen LogP contribution in [0, 0.1) is 0 Å². The molecule has 0 aromatic carbocycles. The van der Waals surface area contributed by atoms with E-state index in [1.165, 1.54) is 18.9 Å². The van der Waals surface area contributed by atoms with Gasteiger partial charge in [-0.2, -0.15) is 10.2 Å². The molecule has 140 valence electrons. The average molecular weight is 366 g/mol. The largest absolute Gasteiger partial charge is 0.335 e. The Morgan fingerprint density at radius 2 is 2.26 bits per heavy atom. The highest BCUT2D eigenvalue weighted by molar-refractivity contribution is 5.90. The molecule has 4 rings (SSSR count). The number of rotatable bonds is 6. The van der Waals surface area contributed by atoms with Gasteiger partial charge in [-0.15, -0.1) is 0 Å². The number of hydrogen-bond acceptors (Lipinski definition) is 4. The van der Waals surface area contributed by atoms with E-state index < -0.39 is 0 Å². The van der Waals surface area contributed by atoms with Gasteiger partial charge in [0.2, 0.25) is 11.8 Å². The molecule has 2 aromatic heterocycles. The summed E-state index contributed by atoms with van der Waals surface area (Å²) in [7, 11) is 0. The van der Waals surface area contributed by atoms with E-state index in [1.807, 2.05) is 12.3 Å². The fourth-order valence-electron chi connectivity index (χ4n) is 3.22. The first-order chi connectivity index (χ1) is 13.1. The van der Waals surface area contributed by atoms with Gasteiger partial charge in [0.1, 0.15) is 6.54 Å². The Bertz CT molecular complexity index is 905. The number of aromatic amines is 1. The van der Waals surface area contributed by atoms with E-state index in [0.717, 1.165) is 23.3 Å². The van der Waals surface area contributed by atoms with Crippen molar-refractivity contribution in [1.29, 1.82) is 0 Å². The number of carbonyl (C=O) groups excluding carboxylic acids is 2. The Hall–Kier alpha value is -3.16. The number of anilines is 1. The predicted octanol–water partition coefficient (Wildman–Crippen LogP) is 1.92. The van der Waals surface area contributed by atoms with Gasteiger partial charge in [0, 0.05) is 42.5 Å². The molecule has 8 heteroatoms. The highest BCUT2D eigenvalue weighted by Crippen LogP contribution is 2.39. The van der Waals surface area contributed by atoms with Crippen LogP contribution in [0.3, 0.4) is 0 Å². The molecule has 8 nitrogen and oxygen atoms in total. The molecule has 0 atom stereocenters. The van der Waals surface area contributed by atoms with Gasteiger partial charge in [-0.3, -0.25) is 19.4 Å². The van der Waals surface area contributed by atoms with Gasteiger partial charge in [0.15, 0.2) is 5.82 Å². The monoisotopic (exact) mass is 366 g/mol. The molecule has 0 radical (unpaired) electrons. The highest BCUT2D eigenvalue weighted by Gasteiger charge is 2.25. The van der Waals surface area contributed by atoms with Gasteiger partial charge in [-0.1, -0.05) is 12.7 Å². The minimum Gasteiger partial charge on any atom is -0.335 e. The van der Waals surface area contributed by atoms with Crippen LogP contribution in [0.4, 0.5) is 5.82 Å². The maximum Gasteiger partial charge on any atom is 0.247 e. The van der Waals surface area contributed by atoms with Gasteiger partial charge in [-0.25, -0.2) is 0 Å². The summed E-state index contributed by atoms with van der Waals surface area (Å²) in [4.78, 5) is 25.8. The smallest absolute Gasteiger partial charge is 0.247 e. The maximum absolute atomic E-state index is 12.2. The third kappa shape index (κ3) is 3.99. The second-order valence-corrected chi connectivity index (χ2v) is 6.94. The summed E-state index contributed by atoms with van der Waals surface area (Å²) >= 11 is 0. The van der Waals surface area contributed by atoms with E-state index >= 15 is 0 Å². The maximum atomic E-state index is 12.2. The van der Waals surface area contributed by atoms with E-state index in [-0.39, 0.29) is 18.4 Å². The van der Waals surface area contributed by atoms with Crippen LogP contribution in [-0.4, -0.2) is 49.8 Å². The lowest BCUT2D eigenvalue weighted by molar-refractivity contribution is -0.125. The molecule has 2 aromatic rings. The minimum atomic E-state index is -0.181. The molecular formula is C19H22N6O2. The summed E-state index contributed by atoms with van der Waals surface area (Å²) in [5.74, 6) is 0.854. The van der Waals surface area contributed by atoms with Gasteiger partial charge in [0.25, 0.3) is 0 Å². The number of carbonyl (C=O) groups is 2. The van der Waals surface area contributed by atoms with Crippen LogP contribution in [0.1, 0.15) is 36.4 Å². The van der Waals surface area contributed by atoms with Crippen molar-refractivity contribution < 1.29 is 9.59 Å². The zero-order chi connectivity index (χ0) is 18.8. The fourth-order valence-corrected chi connectivity index (χ4v) is 3.22. The molecule has 3 heterocycles. The molecule has 2 aliphatic rings. The molecule has 27 heavy (non-hydrogen) atoms. The molecule has 0 unspecified atom stereocenters. The molecule has 1 fully saturated rings. The first kappa shape index (κ1) is 17.3. The molecule has 2 amide bonds. The topological polar surface area (TPSA) is 95.9 Å². The minimum absolute atomic E-state index is 0.0723. The van der Waals surface area contributed by atoms with Gasteiger partial charge in [0.05, 0.1) is 6.20 Å². The quantitative estimate of drug-likeness (QED) is 0.764. The van der Waals surface area contributed by atoms with Crippen LogP contribution in [-0.2, 0) is 16.1 Å². The molecule has 0 spiro atoms. The lowest BCUT2D eigenvalue weighted by atomic mass is 10.0. The van der Waals surface area contributed by atoms with Crippen molar-refractivity contribution in [2.24, 2.45) is 0 Å². The van der Waals surface area contributed by atoms with Crippen LogP contribution in [0.2, 0.25) is 0 Å². The Kier molecular flexibility index (Phi) is 4.62. The van der Waals surface area contributed by atoms with Crippen LogP contribution in [0.25, 0.3) is 5.57 Å². The second-order valence-electron chi connectivity index (χ2n) is 6.94. The zero-order valence-corrected chi connectivity index (χ0v) is 15.0. The van der Waals surface area contributed by atoms with Gasteiger partial charge >= 0.3 is 0 Å². The van der Waals surface area contributed by atoms with Gasteiger partial charge in [-0.05, 0) is 30.9 Å². The van der Waals surface area contributed by atoms with Crippen molar-refractivity contribution in [3.05, 3.63) is 48.4 Å². The zero-order valence-electron chi connectivity index (χ0n) is 15.0. The second kappa shape index (κ2) is 7.22. The van der Waals surface area contributed by atoms with Crippen molar-refractivity contribution >= 4 is 23.2 Å². The number of hydrogen-bond donors (Lipinski definition) is 2. The molecule has 0 saturated heterocycles. The van der Waals surface area contributed by atoms with Crippen LogP contribution in [0.15, 0.2) is 37.2 Å². The summed E-state index contributed by atoms with van der Waals surface area (Å²) < 4.78 is 1.59. The number of H-pyrrole nitrogens is 1. The predicted molar refractivity (Wildman–Crippen MR) is 101 cm³/mol. The first-order valence-electron chi connectivity index (χ1n) is 9.10. The molecular weight excluding hydrogens is 344 g/mol. The Morgan fingerprint density at radius 1 is 1.41 bits per heavy atom. The third-order valence-electron chi connectivity index (χ3n) is 4.83. The average Bonchev–Trinajstić information content (AvgIpc) is 3.25. The molecule has 0 bridgehead atoms. The van der Waals surface area contributed by atoms with Crippen molar-refractivity contribution in [2.45, 2.75) is 31.7 Å². The van der Waals surface area contributed by atoms with Crippen molar-refractivity contribution in [2.75, 3.05) is 18.4 Å². The number of nitrogens with one attached hydrogen (secondary N) is 2. The number of aromatic nitrogens is 4. The first-order valence-corrected chi connectivity index (χ1v) is 9.10. The lowest BCUT2D eigenvalue weighted by Gasteiger charge is -2.25. The summed E-state index contributed by atoms with van der Waals surface area (Å²) in [5.41, 5.74) is 3.03. The highest BCUT2D eigenvalue weighted by atomic mass is 16.2. The molecule has 1 aliphatic heterocycles. The SMILES string of the molecule is C=CC(=O)N1CCC=C(c2cnn(CC(=O)Nc3cc(C4CC4)[nH]n3)c2)C1. The van der Waals surface area contributed by atoms with Crippen molar-refractivity contribution in [3.8, 4) is 0 Å².